The molecule has 0 aromatic carbocycles. The van der Waals surface area contributed by atoms with E-state index in [1.165, 1.54) is 45.2 Å². The lowest BCUT2D eigenvalue weighted by Gasteiger charge is -2.44. The van der Waals surface area contributed by atoms with Gasteiger partial charge in [0.2, 0.25) is 0 Å². The summed E-state index contributed by atoms with van der Waals surface area (Å²) in [7, 11) is 2.17. The molecule has 2 nitrogen and oxygen atoms in total. The van der Waals surface area contributed by atoms with E-state index in [-0.39, 0.29) is 0 Å². The van der Waals surface area contributed by atoms with Gasteiger partial charge in [-0.25, -0.2) is 0 Å². The molecule has 0 radical (unpaired) electrons. The molecule has 1 N–H and O–H groups in total. The highest BCUT2D eigenvalue weighted by Crippen LogP contribution is 2.36. The van der Waals surface area contributed by atoms with Crippen molar-refractivity contribution < 1.29 is 5.11 Å². The van der Waals surface area contributed by atoms with E-state index in [0.29, 0.717) is 12.5 Å². The Balaban J connectivity index is 1.85. The van der Waals surface area contributed by atoms with E-state index in [9.17, 15) is 5.11 Å². The molecule has 2 aliphatic rings. The van der Waals surface area contributed by atoms with Gasteiger partial charge in [-0.2, -0.15) is 0 Å². The van der Waals surface area contributed by atoms with Crippen molar-refractivity contribution in [3.63, 3.8) is 0 Å². The highest BCUT2D eigenvalue weighted by molar-refractivity contribution is 4.87. The van der Waals surface area contributed by atoms with Crippen molar-refractivity contribution in [2.24, 2.45) is 17.8 Å². The van der Waals surface area contributed by atoms with Crippen molar-refractivity contribution in [1.29, 1.82) is 0 Å². The number of hydrogen-bond acceptors (Lipinski definition) is 2. The first-order valence-corrected chi connectivity index (χ1v) is 6.10. The molecular formula is C12H23NO. The van der Waals surface area contributed by atoms with Gasteiger partial charge in [0.25, 0.3) is 0 Å². The van der Waals surface area contributed by atoms with Crippen LogP contribution in [0.2, 0.25) is 0 Å². The third-order valence-corrected chi connectivity index (χ3v) is 4.16. The van der Waals surface area contributed by atoms with E-state index >= 15 is 0 Å². The highest BCUT2D eigenvalue weighted by Gasteiger charge is 2.35. The van der Waals surface area contributed by atoms with Gasteiger partial charge in [0.1, 0.15) is 0 Å². The van der Waals surface area contributed by atoms with Crippen LogP contribution in [0.15, 0.2) is 0 Å². The maximum atomic E-state index is 9.48. The summed E-state index contributed by atoms with van der Waals surface area (Å²) in [5, 5.41) is 9.48. The summed E-state index contributed by atoms with van der Waals surface area (Å²) >= 11 is 0. The summed E-state index contributed by atoms with van der Waals surface area (Å²) in [5.74, 6) is 2.21. The molecule has 2 fully saturated rings. The van der Waals surface area contributed by atoms with Crippen LogP contribution in [0.1, 0.15) is 32.1 Å². The predicted octanol–water partition coefficient (Wildman–Crippen LogP) is 1.74. The van der Waals surface area contributed by atoms with Crippen LogP contribution in [0.5, 0.6) is 0 Å². The first-order chi connectivity index (χ1) is 6.81. The Bertz CT molecular complexity index is 171. The van der Waals surface area contributed by atoms with E-state index in [2.05, 4.69) is 11.9 Å². The first kappa shape index (κ1) is 10.4. The molecular weight excluding hydrogens is 174 g/mol. The van der Waals surface area contributed by atoms with Crippen LogP contribution in [-0.2, 0) is 0 Å². The number of hydrogen-bond donors (Lipinski definition) is 1. The van der Waals surface area contributed by atoms with E-state index in [4.69, 9.17) is 0 Å². The van der Waals surface area contributed by atoms with Gasteiger partial charge in [0, 0.05) is 19.7 Å². The van der Waals surface area contributed by atoms with Gasteiger partial charge in [-0.15, -0.1) is 0 Å². The Hall–Kier alpha value is -0.0800. The Labute approximate surface area is 87.3 Å². The molecule has 0 bridgehead atoms. The average molecular weight is 197 g/mol. The molecule has 1 aliphatic carbocycles. The summed E-state index contributed by atoms with van der Waals surface area (Å²) in [5.41, 5.74) is 0. The molecule has 1 aliphatic heterocycles. The second-order valence-electron chi connectivity index (χ2n) is 5.23. The molecule has 82 valence electrons. The summed E-state index contributed by atoms with van der Waals surface area (Å²) < 4.78 is 0. The standard InChI is InChI=1S/C12H23NO/c1-13-7-11(8-13)12(9-14)10-5-3-2-4-6-10/h10-12,14H,2-9H2,1H3. The zero-order valence-electron chi connectivity index (χ0n) is 9.28. The summed E-state index contributed by atoms with van der Waals surface area (Å²) in [6, 6.07) is 0. The molecule has 0 spiro atoms. The van der Waals surface area contributed by atoms with E-state index in [1.54, 1.807) is 0 Å². The van der Waals surface area contributed by atoms with Crippen molar-refractivity contribution in [2.75, 3.05) is 26.7 Å². The maximum absolute atomic E-state index is 9.48. The van der Waals surface area contributed by atoms with Crippen LogP contribution in [0, 0.1) is 17.8 Å². The van der Waals surface area contributed by atoms with Crippen LogP contribution in [0.3, 0.4) is 0 Å². The van der Waals surface area contributed by atoms with Crippen molar-refractivity contribution in [2.45, 2.75) is 32.1 Å². The SMILES string of the molecule is CN1CC(C(CO)C2CCCCC2)C1. The maximum Gasteiger partial charge on any atom is 0.0465 e. The van der Waals surface area contributed by atoms with E-state index < -0.39 is 0 Å². The molecule has 1 saturated heterocycles. The molecule has 0 amide bonds. The molecule has 14 heavy (non-hydrogen) atoms. The lowest BCUT2D eigenvalue weighted by molar-refractivity contribution is 0.0118. The minimum absolute atomic E-state index is 0.420. The molecule has 1 saturated carbocycles. The number of aliphatic hydroxyl groups excluding tert-OH is 1. The monoisotopic (exact) mass is 197 g/mol. The largest absolute Gasteiger partial charge is 0.396 e. The van der Waals surface area contributed by atoms with Crippen LogP contribution in [-0.4, -0.2) is 36.8 Å². The van der Waals surface area contributed by atoms with E-state index in [1.807, 2.05) is 0 Å². The van der Waals surface area contributed by atoms with Gasteiger partial charge in [0.15, 0.2) is 0 Å². The Kier molecular flexibility index (Phi) is 3.45. The van der Waals surface area contributed by atoms with Gasteiger partial charge >= 0.3 is 0 Å². The molecule has 0 aromatic rings. The molecule has 1 atom stereocenters. The van der Waals surface area contributed by atoms with E-state index in [0.717, 1.165) is 11.8 Å². The Morgan fingerprint density at radius 2 is 1.79 bits per heavy atom. The zero-order valence-corrected chi connectivity index (χ0v) is 9.28. The Morgan fingerprint density at radius 3 is 2.29 bits per heavy atom. The lowest BCUT2D eigenvalue weighted by atomic mass is 9.72. The smallest absolute Gasteiger partial charge is 0.0465 e. The fourth-order valence-corrected chi connectivity index (χ4v) is 3.26. The van der Waals surface area contributed by atoms with Gasteiger partial charge < -0.3 is 10.0 Å². The van der Waals surface area contributed by atoms with Crippen LogP contribution < -0.4 is 0 Å². The second-order valence-corrected chi connectivity index (χ2v) is 5.23. The molecule has 2 rings (SSSR count). The lowest BCUT2D eigenvalue weighted by Crippen LogP contribution is -2.50. The first-order valence-electron chi connectivity index (χ1n) is 6.10. The third-order valence-electron chi connectivity index (χ3n) is 4.16. The topological polar surface area (TPSA) is 23.5 Å². The number of rotatable bonds is 3. The van der Waals surface area contributed by atoms with Gasteiger partial charge in [-0.05, 0) is 24.8 Å². The van der Waals surface area contributed by atoms with Crippen molar-refractivity contribution in [3.05, 3.63) is 0 Å². The number of nitrogens with zero attached hydrogens (tertiary/aromatic N) is 1. The average Bonchev–Trinajstić information content (AvgIpc) is 2.18. The zero-order chi connectivity index (χ0) is 9.97. The van der Waals surface area contributed by atoms with Crippen LogP contribution in [0.25, 0.3) is 0 Å². The summed E-state index contributed by atoms with van der Waals surface area (Å²) in [4.78, 5) is 2.36. The van der Waals surface area contributed by atoms with Crippen LogP contribution >= 0.6 is 0 Å². The third kappa shape index (κ3) is 2.12. The minimum atomic E-state index is 0.420. The van der Waals surface area contributed by atoms with Gasteiger partial charge in [-0.3, -0.25) is 0 Å². The fourth-order valence-electron chi connectivity index (χ4n) is 3.26. The van der Waals surface area contributed by atoms with Crippen molar-refractivity contribution in [3.8, 4) is 0 Å². The predicted molar refractivity (Wildman–Crippen MR) is 58.1 cm³/mol. The number of aliphatic hydroxyl groups is 1. The molecule has 0 aromatic heterocycles. The summed E-state index contributed by atoms with van der Waals surface area (Å²) in [6.07, 6.45) is 6.93. The number of likely N-dealkylation sites (tertiary alicyclic amines) is 1. The van der Waals surface area contributed by atoms with Crippen molar-refractivity contribution in [1.82, 2.24) is 4.90 Å². The van der Waals surface area contributed by atoms with Gasteiger partial charge in [-0.1, -0.05) is 32.1 Å². The normalized spacial score (nSPS) is 28.7. The fraction of sp³-hybridized carbons (Fsp3) is 1.00. The van der Waals surface area contributed by atoms with Crippen molar-refractivity contribution >= 4 is 0 Å². The minimum Gasteiger partial charge on any atom is -0.396 e. The summed E-state index contributed by atoms with van der Waals surface area (Å²) in [6.45, 7) is 2.84. The quantitative estimate of drug-likeness (QED) is 0.745. The second kappa shape index (κ2) is 4.63. The van der Waals surface area contributed by atoms with Gasteiger partial charge in [0.05, 0.1) is 0 Å². The Morgan fingerprint density at radius 1 is 1.14 bits per heavy atom. The molecule has 2 heteroatoms. The van der Waals surface area contributed by atoms with Crippen LogP contribution in [0.4, 0.5) is 0 Å². The molecule has 1 heterocycles. The highest BCUT2D eigenvalue weighted by atomic mass is 16.3. The molecule has 1 unspecified atom stereocenters.